The van der Waals surface area contributed by atoms with Gasteiger partial charge >= 0.3 is 0 Å². The van der Waals surface area contributed by atoms with Crippen LogP contribution in [0.25, 0.3) is 98.0 Å². The van der Waals surface area contributed by atoms with Crippen molar-refractivity contribution in [2.45, 2.75) is 0 Å². The van der Waals surface area contributed by atoms with Crippen LogP contribution in [0.15, 0.2) is 158 Å². The van der Waals surface area contributed by atoms with Crippen molar-refractivity contribution in [3.05, 3.63) is 170 Å². The summed E-state index contributed by atoms with van der Waals surface area (Å²) in [5, 5.41) is 14.5. The summed E-state index contributed by atoms with van der Waals surface area (Å²) in [6, 6.07) is 63.9. The fourth-order valence-electron chi connectivity index (χ4n) is 8.12. The standard InChI is InChI=1S/C48H26O/c1-2-10-35-33(9-1)28-46-47-42(35)16-8-17-43(47)44-18-7-15-36(48(44)49-46)34-22-21-29-25-30(19-20-31(29)26-34)32-23-24-41-39-13-4-3-11-37(39)38-12-5-6-14-40(38)45(41)27-32/h1-22,25-28H. The molecule has 1 heterocycles. The molecule has 0 unspecified atom stereocenters. The smallest absolute Gasteiger partial charge is 0.143 e. The second-order valence-corrected chi connectivity index (χ2v) is 13.1. The maximum absolute atomic E-state index is 6.82. The second-order valence-electron chi connectivity index (χ2n) is 13.1. The predicted molar refractivity (Wildman–Crippen MR) is 206 cm³/mol. The van der Waals surface area contributed by atoms with E-state index in [9.17, 15) is 0 Å². The van der Waals surface area contributed by atoms with Gasteiger partial charge in [0.2, 0.25) is 0 Å². The molecule has 0 aromatic heterocycles. The summed E-state index contributed by atoms with van der Waals surface area (Å²) in [4.78, 5) is 0. The minimum Gasteiger partial charge on any atom is -0.455 e. The SMILES string of the molecule is c1c(-c2ccc3cc(-c4cccc5c4Oc4cc6ccccc6c6cccc-5c46)ccc3c2)cc2c(c#1)c1ccccc1c1ccccc21. The number of ether oxygens (including phenoxy) is 1. The van der Waals surface area contributed by atoms with Gasteiger partial charge in [0, 0.05) is 27.5 Å². The summed E-state index contributed by atoms with van der Waals surface area (Å²) in [5.41, 5.74) is 6.76. The van der Waals surface area contributed by atoms with Crippen LogP contribution in [0.1, 0.15) is 0 Å². The highest BCUT2D eigenvalue weighted by Crippen LogP contribution is 2.51. The van der Waals surface area contributed by atoms with Gasteiger partial charge in [0.25, 0.3) is 0 Å². The molecule has 11 rings (SSSR count). The lowest BCUT2D eigenvalue weighted by atomic mass is 9.89. The minimum atomic E-state index is 0.912. The van der Waals surface area contributed by atoms with Gasteiger partial charge in [-0.2, -0.15) is 0 Å². The quantitative estimate of drug-likeness (QED) is 0.175. The molecular formula is C48H26O. The molecule has 0 atom stereocenters. The van der Waals surface area contributed by atoms with Crippen molar-refractivity contribution in [1.82, 2.24) is 0 Å². The maximum Gasteiger partial charge on any atom is 0.143 e. The summed E-state index contributed by atoms with van der Waals surface area (Å²) in [5.74, 6) is 1.83. The van der Waals surface area contributed by atoms with Crippen LogP contribution < -0.4 is 4.74 Å². The van der Waals surface area contributed by atoms with Crippen LogP contribution in [0.2, 0.25) is 0 Å². The monoisotopic (exact) mass is 618 g/mol. The zero-order valence-electron chi connectivity index (χ0n) is 26.4. The highest BCUT2D eigenvalue weighted by molar-refractivity contribution is 6.25. The zero-order valence-corrected chi connectivity index (χ0v) is 26.4. The van der Waals surface area contributed by atoms with Crippen molar-refractivity contribution in [3.8, 4) is 44.9 Å². The van der Waals surface area contributed by atoms with E-state index in [-0.39, 0.29) is 0 Å². The molecule has 0 saturated heterocycles. The van der Waals surface area contributed by atoms with E-state index in [0.29, 0.717) is 0 Å². The number of hydrogen-bond acceptors (Lipinski definition) is 1. The van der Waals surface area contributed by atoms with Gasteiger partial charge in [-0.05, 0) is 94.8 Å². The Balaban J connectivity index is 1.02. The molecule has 0 spiro atoms. The number of fused-ring (bicyclic) bond motifs is 11. The summed E-state index contributed by atoms with van der Waals surface area (Å²) in [6.45, 7) is 0. The highest BCUT2D eigenvalue weighted by Gasteiger charge is 2.24. The first-order chi connectivity index (χ1) is 24.3. The molecule has 224 valence electrons. The summed E-state index contributed by atoms with van der Waals surface area (Å²) in [7, 11) is 0. The van der Waals surface area contributed by atoms with Gasteiger partial charge in [0.05, 0.1) is 0 Å². The molecule has 1 nitrogen and oxygen atoms in total. The van der Waals surface area contributed by atoms with Gasteiger partial charge in [-0.25, -0.2) is 0 Å². The first kappa shape index (κ1) is 26.4. The molecule has 0 aliphatic carbocycles. The lowest BCUT2D eigenvalue weighted by molar-refractivity contribution is 0.489. The maximum atomic E-state index is 6.82. The molecule has 0 amide bonds. The van der Waals surface area contributed by atoms with Crippen LogP contribution in [-0.2, 0) is 0 Å². The second kappa shape index (κ2) is 9.94. The van der Waals surface area contributed by atoms with Crippen LogP contribution in [0.5, 0.6) is 11.5 Å². The fourth-order valence-corrected chi connectivity index (χ4v) is 8.12. The van der Waals surface area contributed by atoms with Crippen LogP contribution in [-0.4, -0.2) is 0 Å². The molecule has 10 aromatic rings. The van der Waals surface area contributed by atoms with Crippen molar-refractivity contribution >= 4 is 64.6 Å². The summed E-state index contributed by atoms with van der Waals surface area (Å²) < 4.78 is 6.82. The number of hydrogen-bond donors (Lipinski definition) is 0. The Bertz CT molecular complexity index is 2990. The Morgan fingerprint density at radius 1 is 0.367 bits per heavy atom. The Labute approximate surface area is 283 Å². The zero-order chi connectivity index (χ0) is 32.1. The molecule has 0 N–H and O–H groups in total. The first-order valence-corrected chi connectivity index (χ1v) is 16.8. The molecule has 1 aliphatic rings. The average molecular weight is 619 g/mol. The minimum absolute atomic E-state index is 0.912. The molecule has 0 bridgehead atoms. The summed E-state index contributed by atoms with van der Waals surface area (Å²) in [6.07, 6.45) is 0. The third kappa shape index (κ3) is 3.83. The van der Waals surface area contributed by atoms with E-state index in [2.05, 4.69) is 170 Å². The van der Waals surface area contributed by atoms with E-state index < -0.39 is 0 Å². The van der Waals surface area contributed by atoms with Crippen molar-refractivity contribution in [2.75, 3.05) is 0 Å². The Kier molecular flexibility index (Phi) is 5.37. The number of benzene rings is 9. The Morgan fingerprint density at radius 3 is 1.82 bits per heavy atom. The van der Waals surface area contributed by atoms with E-state index in [1.54, 1.807) is 0 Å². The van der Waals surface area contributed by atoms with Gasteiger partial charge in [0.1, 0.15) is 11.5 Å². The molecule has 1 heteroatoms. The van der Waals surface area contributed by atoms with Crippen LogP contribution in [0.3, 0.4) is 0 Å². The Hall–Kier alpha value is -6.62. The predicted octanol–water partition coefficient (Wildman–Crippen LogP) is 13.3. The van der Waals surface area contributed by atoms with Crippen molar-refractivity contribution < 1.29 is 4.74 Å². The van der Waals surface area contributed by atoms with E-state index >= 15 is 0 Å². The molecule has 0 saturated carbocycles. The molecule has 1 aliphatic heterocycles. The van der Waals surface area contributed by atoms with Gasteiger partial charge in [-0.3, -0.25) is 0 Å². The van der Waals surface area contributed by atoms with E-state index in [4.69, 9.17) is 4.74 Å². The van der Waals surface area contributed by atoms with Crippen LogP contribution >= 0.6 is 0 Å². The average Bonchev–Trinajstić information content (AvgIpc) is 3.17. The lowest BCUT2D eigenvalue weighted by Gasteiger charge is -2.24. The van der Waals surface area contributed by atoms with Crippen molar-refractivity contribution in [2.24, 2.45) is 0 Å². The Morgan fingerprint density at radius 2 is 0.980 bits per heavy atom. The van der Waals surface area contributed by atoms with Crippen molar-refractivity contribution in [3.63, 3.8) is 0 Å². The molecule has 49 heavy (non-hydrogen) atoms. The van der Waals surface area contributed by atoms with Gasteiger partial charge < -0.3 is 4.74 Å². The molecular weight excluding hydrogens is 593 g/mol. The number of para-hydroxylation sites is 1. The van der Waals surface area contributed by atoms with Gasteiger partial charge in [-0.1, -0.05) is 146 Å². The highest BCUT2D eigenvalue weighted by atomic mass is 16.5. The van der Waals surface area contributed by atoms with E-state index in [1.165, 1.54) is 64.8 Å². The molecule has 0 radical (unpaired) electrons. The van der Waals surface area contributed by atoms with E-state index in [1.807, 2.05) is 0 Å². The van der Waals surface area contributed by atoms with E-state index in [0.717, 1.165) is 44.7 Å². The normalized spacial score (nSPS) is 12.1. The topological polar surface area (TPSA) is 9.23 Å². The van der Waals surface area contributed by atoms with Gasteiger partial charge in [0.15, 0.2) is 0 Å². The fraction of sp³-hybridized carbons (Fsp3) is 0. The number of rotatable bonds is 2. The largest absolute Gasteiger partial charge is 0.455 e. The van der Waals surface area contributed by atoms with Crippen LogP contribution in [0, 0.1) is 12.1 Å². The molecule has 0 fully saturated rings. The first-order valence-electron chi connectivity index (χ1n) is 16.8. The van der Waals surface area contributed by atoms with Gasteiger partial charge in [-0.15, -0.1) is 0 Å². The summed E-state index contributed by atoms with van der Waals surface area (Å²) >= 11 is 0. The lowest BCUT2D eigenvalue weighted by Crippen LogP contribution is -1.99. The van der Waals surface area contributed by atoms with Crippen molar-refractivity contribution in [1.29, 1.82) is 0 Å². The molecule has 10 aromatic carbocycles. The third-order valence-electron chi connectivity index (χ3n) is 10.4. The third-order valence-corrected chi connectivity index (χ3v) is 10.4. The van der Waals surface area contributed by atoms with Crippen LogP contribution in [0.4, 0.5) is 0 Å².